The van der Waals surface area contributed by atoms with Crippen molar-refractivity contribution < 1.29 is 18.4 Å². The van der Waals surface area contributed by atoms with Crippen LogP contribution in [0.5, 0.6) is 0 Å². The Morgan fingerprint density at radius 2 is 2.00 bits per heavy atom. The van der Waals surface area contributed by atoms with Gasteiger partial charge in [0, 0.05) is 24.6 Å². The number of carbonyl (C=O) groups excluding carboxylic acids is 1. The maximum atomic E-state index is 13.0. The van der Waals surface area contributed by atoms with E-state index in [9.17, 15) is 4.79 Å². The molecule has 28 heavy (non-hydrogen) atoms. The van der Waals surface area contributed by atoms with Crippen LogP contribution in [0.2, 0.25) is 0 Å². The summed E-state index contributed by atoms with van der Waals surface area (Å²) in [7, 11) is 1.62. The molecule has 0 bridgehead atoms. The molecule has 2 aromatic heterocycles. The van der Waals surface area contributed by atoms with Gasteiger partial charge in [-0.15, -0.1) is 0 Å². The van der Waals surface area contributed by atoms with E-state index in [0.717, 1.165) is 29.8 Å². The van der Waals surface area contributed by atoms with Gasteiger partial charge in [-0.2, -0.15) is 0 Å². The van der Waals surface area contributed by atoms with Crippen molar-refractivity contribution in [1.29, 1.82) is 0 Å². The Kier molecular flexibility index (Phi) is 5.78. The van der Waals surface area contributed by atoms with Crippen molar-refractivity contribution in [3.63, 3.8) is 0 Å². The zero-order chi connectivity index (χ0) is 19.3. The molecule has 1 N–H and O–H groups in total. The summed E-state index contributed by atoms with van der Waals surface area (Å²) in [5.74, 6) is 0.973. The molecule has 1 saturated heterocycles. The fourth-order valence-electron chi connectivity index (χ4n) is 3.96. The van der Waals surface area contributed by atoms with Gasteiger partial charge in [-0.25, -0.2) is 0 Å². The second kappa shape index (κ2) is 8.63. The molecule has 6 heteroatoms. The third-order valence-electron chi connectivity index (χ3n) is 5.35. The van der Waals surface area contributed by atoms with Crippen molar-refractivity contribution in [1.82, 2.24) is 10.2 Å². The highest BCUT2D eigenvalue weighted by Crippen LogP contribution is 2.28. The van der Waals surface area contributed by atoms with Gasteiger partial charge in [0.25, 0.3) is 5.91 Å². The standard InChI is InChI=1S/C22H26N2O4/c1-26-15-17-16-8-3-4-9-19(16)28-21(17)22(25)23-14-18(20-10-7-13-27-20)24-11-5-2-6-12-24/h3-4,7-10,13,18H,2,5-6,11-12,14-15H2,1H3,(H,23,25). The molecule has 3 heterocycles. The lowest BCUT2D eigenvalue weighted by Gasteiger charge is -2.33. The predicted octanol–water partition coefficient (Wildman–Crippen LogP) is 4.13. The number of piperidine rings is 1. The van der Waals surface area contributed by atoms with Gasteiger partial charge < -0.3 is 18.9 Å². The zero-order valence-electron chi connectivity index (χ0n) is 16.1. The summed E-state index contributed by atoms with van der Waals surface area (Å²) in [5, 5.41) is 3.96. The van der Waals surface area contributed by atoms with Crippen LogP contribution < -0.4 is 5.32 Å². The fourth-order valence-corrected chi connectivity index (χ4v) is 3.96. The van der Waals surface area contributed by atoms with E-state index in [1.54, 1.807) is 13.4 Å². The molecule has 0 saturated carbocycles. The monoisotopic (exact) mass is 382 g/mol. The molecule has 1 fully saturated rings. The van der Waals surface area contributed by atoms with Crippen LogP contribution >= 0.6 is 0 Å². The third-order valence-corrected chi connectivity index (χ3v) is 5.35. The molecule has 1 unspecified atom stereocenters. The average Bonchev–Trinajstić information content (AvgIpc) is 3.38. The van der Waals surface area contributed by atoms with E-state index in [2.05, 4.69) is 10.2 Å². The number of furan rings is 2. The zero-order valence-corrected chi connectivity index (χ0v) is 16.1. The number of hydrogen-bond acceptors (Lipinski definition) is 5. The van der Waals surface area contributed by atoms with Crippen LogP contribution in [0.4, 0.5) is 0 Å². The highest BCUT2D eigenvalue weighted by molar-refractivity contribution is 5.99. The molecule has 1 aliphatic heterocycles. The van der Waals surface area contributed by atoms with E-state index in [1.165, 1.54) is 19.3 Å². The SMILES string of the molecule is COCc1c(C(=O)NCC(c2ccco2)N2CCCCC2)oc2ccccc12. The van der Waals surface area contributed by atoms with Gasteiger partial charge >= 0.3 is 0 Å². The van der Waals surface area contributed by atoms with Crippen molar-refractivity contribution in [3.8, 4) is 0 Å². The number of nitrogens with zero attached hydrogens (tertiary/aromatic N) is 1. The lowest BCUT2D eigenvalue weighted by molar-refractivity contribution is 0.0883. The Hall–Kier alpha value is -2.57. The fraction of sp³-hybridized carbons (Fsp3) is 0.409. The Bertz CT molecular complexity index is 910. The number of amides is 1. The van der Waals surface area contributed by atoms with Crippen molar-refractivity contribution in [2.45, 2.75) is 31.9 Å². The van der Waals surface area contributed by atoms with E-state index in [0.29, 0.717) is 24.5 Å². The summed E-state index contributed by atoms with van der Waals surface area (Å²) < 4.78 is 16.8. The van der Waals surface area contributed by atoms with Gasteiger partial charge in [0.15, 0.2) is 5.76 Å². The lowest BCUT2D eigenvalue weighted by Crippen LogP contribution is -2.40. The second-order valence-electron chi connectivity index (χ2n) is 7.18. The topological polar surface area (TPSA) is 67.8 Å². The number of hydrogen-bond donors (Lipinski definition) is 1. The summed E-state index contributed by atoms with van der Waals surface area (Å²) in [6, 6.07) is 11.5. The van der Waals surface area contributed by atoms with E-state index in [4.69, 9.17) is 13.6 Å². The molecule has 148 valence electrons. The molecule has 0 aliphatic carbocycles. The van der Waals surface area contributed by atoms with Crippen LogP contribution in [0.1, 0.15) is 47.2 Å². The van der Waals surface area contributed by atoms with Crippen LogP contribution in [0.15, 0.2) is 51.5 Å². The van der Waals surface area contributed by atoms with Crippen LogP contribution in [-0.4, -0.2) is 37.6 Å². The van der Waals surface area contributed by atoms with Crippen LogP contribution in [-0.2, 0) is 11.3 Å². The summed E-state index contributed by atoms with van der Waals surface area (Å²) in [5.41, 5.74) is 1.47. The molecule has 6 nitrogen and oxygen atoms in total. The van der Waals surface area contributed by atoms with Crippen molar-refractivity contribution >= 4 is 16.9 Å². The van der Waals surface area contributed by atoms with Gasteiger partial charge in [0.05, 0.1) is 18.9 Å². The minimum absolute atomic E-state index is 0.0227. The molecule has 1 aliphatic rings. The van der Waals surface area contributed by atoms with Crippen molar-refractivity contribution in [2.75, 3.05) is 26.7 Å². The molecule has 3 aromatic rings. The van der Waals surface area contributed by atoms with Crippen LogP contribution in [0, 0.1) is 0 Å². The van der Waals surface area contributed by atoms with E-state index in [1.807, 2.05) is 36.4 Å². The molecule has 0 spiro atoms. The minimum atomic E-state index is -0.225. The first-order valence-corrected chi connectivity index (χ1v) is 9.83. The summed E-state index contributed by atoms with van der Waals surface area (Å²) in [4.78, 5) is 15.3. The largest absolute Gasteiger partial charge is 0.468 e. The minimum Gasteiger partial charge on any atom is -0.468 e. The molecule has 0 radical (unpaired) electrons. The van der Waals surface area contributed by atoms with Gasteiger partial charge in [-0.3, -0.25) is 9.69 Å². The first kappa shape index (κ1) is 18.8. The maximum absolute atomic E-state index is 13.0. The van der Waals surface area contributed by atoms with Crippen molar-refractivity contribution in [3.05, 3.63) is 59.7 Å². The Labute approximate surface area is 164 Å². The number of para-hydroxylation sites is 1. The van der Waals surface area contributed by atoms with E-state index >= 15 is 0 Å². The maximum Gasteiger partial charge on any atom is 0.287 e. The Balaban J connectivity index is 1.54. The van der Waals surface area contributed by atoms with Gasteiger partial charge in [-0.1, -0.05) is 24.6 Å². The number of likely N-dealkylation sites (tertiary alicyclic amines) is 1. The summed E-state index contributed by atoms with van der Waals surface area (Å²) >= 11 is 0. The number of ether oxygens (including phenoxy) is 1. The summed E-state index contributed by atoms with van der Waals surface area (Å²) in [6.07, 6.45) is 5.29. The van der Waals surface area contributed by atoms with E-state index in [-0.39, 0.29) is 11.9 Å². The normalized spacial score (nSPS) is 16.3. The average molecular weight is 382 g/mol. The number of benzene rings is 1. The third kappa shape index (κ3) is 3.84. The molecule has 1 atom stereocenters. The second-order valence-corrected chi connectivity index (χ2v) is 7.18. The number of fused-ring (bicyclic) bond motifs is 1. The first-order chi connectivity index (χ1) is 13.8. The number of carbonyl (C=O) groups is 1. The molecular formula is C22H26N2O4. The predicted molar refractivity (Wildman–Crippen MR) is 106 cm³/mol. The lowest BCUT2D eigenvalue weighted by atomic mass is 10.1. The van der Waals surface area contributed by atoms with Gasteiger partial charge in [0.2, 0.25) is 0 Å². The number of nitrogens with one attached hydrogen (secondary N) is 1. The molecule has 1 amide bonds. The number of methoxy groups -OCH3 is 1. The molecule has 1 aromatic carbocycles. The van der Waals surface area contributed by atoms with Crippen LogP contribution in [0.3, 0.4) is 0 Å². The van der Waals surface area contributed by atoms with Gasteiger partial charge in [-0.05, 0) is 44.1 Å². The molecule has 4 rings (SSSR count). The van der Waals surface area contributed by atoms with Crippen LogP contribution in [0.25, 0.3) is 11.0 Å². The molecular weight excluding hydrogens is 356 g/mol. The number of rotatable bonds is 7. The summed E-state index contributed by atoms with van der Waals surface area (Å²) in [6.45, 7) is 2.82. The first-order valence-electron chi connectivity index (χ1n) is 9.83. The quantitative estimate of drug-likeness (QED) is 0.665. The smallest absolute Gasteiger partial charge is 0.287 e. The van der Waals surface area contributed by atoms with E-state index < -0.39 is 0 Å². The highest BCUT2D eigenvalue weighted by Gasteiger charge is 2.27. The van der Waals surface area contributed by atoms with Gasteiger partial charge in [0.1, 0.15) is 11.3 Å². The Morgan fingerprint density at radius 3 is 2.75 bits per heavy atom. The van der Waals surface area contributed by atoms with Crippen molar-refractivity contribution in [2.24, 2.45) is 0 Å². The Morgan fingerprint density at radius 1 is 1.18 bits per heavy atom. The highest BCUT2D eigenvalue weighted by atomic mass is 16.5.